The van der Waals surface area contributed by atoms with Gasteiger partial charge in [-0.3, -0.25) is 4.79 Å². The van der Waals surface area contributed by atoms with Gasteiger partial charge in [-0.1, -0.05) is 0 Å². The van der Waals surface area contributed by atoms with Crippen LogP contribution in [0.2, 0.25) is 0 Å². The predicted octanol–water partition coefficient (Wildman–Crippen LogP) is 1.03. The van der Waals surface area contributed by atoms with Crippen LogP contribution in [0.5, 0.6) is 0 Å². The molecule has 0 fully saturated rings. The molecule has 0 saturated heterocycles. The first-order valence-corrected chi connectivity index (χ1v) is 5.21. The number of nitrogens with two attached hydrogens (primary N) is 1. The Morgan fingerprint density at radius 2 is 2.12 bits per heavy atom. The van der Waals surface area contributed by atoms with Gasteiger partial charge >= 0.3 is 0 Å². The van der Waals surface area contributed by atoms with Crippen LogP contribution >= 0.6 is 0 Å². The van der Waals surface area contributed by atoms with Gasteiger partial charge in [-0.05, 0) is 37.6 Å². The van der Waals surface area contributed by atoms with E-state index in [2.05, 4.69) is 0 Å². The molecule has 0 radical (unpaired) electrons. The second-order valence-corrected chi connectivity index (χ2v) is 4.17. The van der Waals surface area contributed by atoms with Crippen LogP contribution in [-0.4, -0.2) is 35.6 Å². The SMILES string of the molecule is Cc1cc(N)cc(C(=O)N(C)CC(C)O)c1. The molecule has 0 heterocycles. The lowest BCUT2D eigenvalue weighted by Crippen LogP contribution is -2.33. The largest absolute Gasteiger partial charge is 0.399 e. The molecule has 1 rings (SSSR count). The Kier molecular flexibility index (Phi) is 3.90. The minimum atomic E-state index is -0.531. The summed E-state index contributed by atoms with van der Waals surface area (Å²) in [4.78, 5) is 13.4. The van der Waals surface area contributed by atoms with Gasteiger partial charge in [-0.15, -0.1) is 0 Å². The summed E-state index contributed by atoms with van der Waals surface area (Å²) < 4.78 is 0. The van der Waals surface area contributed by atoms with Crippen LogP contribution in [0.4, 0.5) is 5.69 Å². The molecular weight excluding hydrogens is 204 g/mol. The van der Waals surface area contributed by atoms with Gasteiger partial charge in [0, 0.05) is 24.8 Å². The van der Waals surface area contributed by atoms with Crippen molar-refractivity contribution in [1.82, 2.24) is 4.90 Å². The van der Waals surface area contributed by atoms with E-state index in [1.54, 1.807) is 26.1 Å². The Morgan fingerprint density at radius 1 is 1.50 bits per heavy atom. The summed E-state index contributed by atoms with van der Waals surface area (Å²) in [6.45, 7) is 3.85. The molecule has 3 N–H and O–H groups in total. The Hall–Kier alpha value is -1.55. The number of aliphatic hydroxyl groups excluding tert-OH is 1. The molecule has 4 nitrogen and oxygen atoms in total. The van der Waals surface area contributed by atoms with E-state index >= 15 is 0 Å². The second kappa shape index (κ2) is 4.99. The fourth-order valence-corrected chi connectivity index (χ4v) is 1.64. The second-order valence-electron chi connectivity index (χ2n) is 4.17. The molecule has 0 bridgehead atoms. The van der Waals surface area contributed by atoms with Crippen molar-refractivity contribution in [3.8, 4) is 0 Å². The third kappa shape index (κ3) is 3.24. The highest BCUT2D eigenvalue weighted by molar-refractivity contribution is 5.95. The van der Waals surface area contributed by atoms with Crippen LogP contribution in [0.1, 0.15) is 22.8 Å². The van der Waals surface area contributed by atoms with Crippen molar-refractivity contribution in [2.24, 2.45) is 0 Å². The molecular formula is C12H18N2O2. The maximum absolute atomic E-state index is 11.9. The minimum Gasteiger partial charge on any atom is -0.399 e. The van der Waals surface area contributed by atoms with E-state index in [0.29, 0.717) is 17.8 Å². The number of aliphatic hydroxyl groups is 1. The summed E-state index contributed by atoms with van der Waals surface area (Å²) in [5, 5.41) is 9.21. The quantitative estimate of drug-likeness (QED) is 0.751. The molecule has 0 aliphatic heterocycles. The van der Waals surface area contributed by atoms with E-state index in [0.717, 1.165) is 5.56 Å². The number of likely N-dealkylation sites (N-methyl/N-ethyl adjacent to an activating group) is 1. The zero-order valence-corrected chi connectivity index (χ0v) is 9.90. The number of hydrogen-bond donors (Lipinski definition) is 2. The van der Waals surface area contributed by atoms with Crippen molar-refractivity contribution in [1.29, 1.82) is 0 Å². The zero-order chi connectivity index (χ0) is 12.3. The number of benzene rings is 1. The number of nitrogen functional groups attached to an aromatic ring is 1. The number of rotatable bonds is 3. The number of anilines is 1. The van der Waals surface area contributed by atoms with Crippen LogP contribution in [0.25, 0.3) is 0 Å². The number of amides is 1. The van der Waals surface area contributed by atoms with E-state index in [4.69, 9.17) is 5.73 Å². The Morgan fingerprint density at radius 3 is 2.62 bits per heavy atom. The number of carbonyl (C=O) groups is 1. The molecule has 1 amide bonds. The highest BCUT2D eigenvalue weighted by atomic mass is 16.3. The summed E-state index contributed by atoms with van der Waals surface area (Å²) in [7, 11) is 1.66. The molecule has 4 heteroatoms. The normalized spacial score (nSPS) is 12.2. The number of carbonyl (C=O) groups excluding carboxylic acids is 1. The van der Waals surface area contributed by atoms with Crippen LogP contribution < -0.4 is 5.73 Å². The van der Waals surface area contributed by atoms with E-state index < -0.39 is 6.10 Å². The first-order valence-electron chi connectivity index (χ1n) is 5.21. The summed E-state index contributed by atoms with van der Waals surface area (Å²) in [5.41, 5.74) is 7.76. The number of nitrogens with zero attached hydrogens (tertiary/aromatic N) is 1. The first kappa shape index (κ1) is 12.5. The van der Waals surface area contributed by atoms with Gasteiger partial charge < -0.3 is 15.7 Å². The van der Waals surface area contributed by atoms with E-state index in [1.165, 1.54) is 4.90 Å². The van der Waals surface area contributed by atoms with E-state index in [-0.39, 0.29) is 5.91 Å². The van der Waals surface area contributed by atoms with Crippen molar-refractivity contribution < 1.29 is 9.90 Å². The summed E-state index contributed by atoms with van der Waals surface area (Å²) >= 11 is 0. The Balaban J connectivity index is 2.87. The molecule has 0 saturated carbocycles. The van der Waals surface area contributed by atoms with Crippen molar-refractivity contribution in [2.75, 3.05) is 19.3 Å². The van der Waals surface area contributed by atoms with Crippen LogP contribution in [-0.2, 0) is 0 Å². The van der Waals surface area contributed by atoms with Gasteiger partial charge in [-0.2, -0.15) is 0 Å². The fourth-order valence-electron chi connectivity index (χ4n) is 1.64. The lowest BCUT2D eigenvalue weighted by molar-refractivity contribution is 0.0703. The smallest absolute Gasteiger partial charge is 0.253 e. The van der Waals surface area contributed by atoms with Crippen LogP contribution in [0, 0.1) is 6.92 Å². The number of aryl methyl sites for hydroxylation is 1. The van der Waals surface area contributed by atoms with Crippen LogP contribution in [0.3, 0.4) is 0 Å². The van der Waals surface area contributed by atoms with Crippen molar-refractivity contribution in [2.45, 2.75) is 20.0 Å². The van der Waals surface area contributed by atoms with Crippen molar-refractivity contribution in [3.05, 3.63) is 29.3 Å². The average Bonchev–Trinajstić information content (AvgIpc) is 2.13. The highest BCUT2D eigenvalue weighted by Crippen LogP contribution is 2.13. The predicted molar refractivity (Wildman–Crippen MR) is 64.2 cm³/mol. The van der Waals surface area contributed by atoms with E-state index in [1.807, 2.05) is 13.0 Å². The van der Waals surface area contributed by atoms with Crippen molar-refractivity contribution >= 4 is 11.6 Å². The zero-order valence-electron chi connectivity index (χ0n) is 9.90. The molecule has 88 valence electrons. The maximum atomic E-state index is 11.9. The standard InChI is InChI=1S/C12H18N2O2/c1-8-4-10(6-11(13)5-8)12(16)14(3)7-9(2)15/h4-6,9,15H,7,13H2,1-3H3. The monoisotopic (exact) mass is 222 g/mol. The Labute approximate surface area is 95.7 Å². The molecule has 1 aromatic rings. The summed E-state index contributed by atoms with van der Waals surface area (Å²) in [6.07, 6.45) is -0.531. The topological polar surface area (TPSA) is 66.6 Å². The lowest BCUT2D eigenvalue weighted by Gasteiger charge is -2.19. The molecule has 0 aliphatic carbocycles. The fraction of sp³-hybridized carbons (Fsp3) is 0.417. The van der Waals surface area contributed by atoms with E-state index in [9.17, 15) is 9.90 Å². The molecule has 1 unspecified atom stereocenters. The van der Waals surface area contributed by atoms with Crippen LogP contribution in [0.15, 0.2) is 18.2 Å². The van der Waals surface area contributed by atoms with Gasteiger partial charge in [0.25, 0.3) is 5.91 Å². The highest BCUT2D eigenvalue weighted by Gasteiger charge is 2.13. The third-order valence-corrected chi connectivity index (χ3v) is 2.23. The third-order valence-electron chi connectivity index (χ3n) is 2.23. The van der Waals surface area contributed by atoms with Gasteiger partial charge in [0.1, 0.15) is 0 Å². The van der Waals surface area contributed by atoms with Gasteiger partial charge in [0.05, 0.1) is 6.10 Å². The molecule has 0 spiro atoms. The molecule has 1 aromatic carbocycles. The Bertz CT molecular complexity index is 368. The lowest BCUT2D eigenvalue weighted by atomic mass is 10.1. The van der Waals surface area contributed by atoms with Gasteiger partial charge in [0.15, 0.2) is 0 Å². The molecule has 16 heavy (non-hydrogen) atoms. The average molecular weight is 222 g/mol. The first-order chi connectivity index (χ1) is 7.40. The maximum Gasteiger partial charge on any atom is 0.253 e. The summed E-state index contributed by atoms with van der Waals surface area (Å²) in [5.74, 6) is -0.128. The molecule has 0 aromatic heterocycles. The van der Waals surface area contributed by atoms with Gasteiger partial charge in [0.2, 0.25) is 0 Å². The number of hydrogen-bond acceptors (Lipinski definition) is 3. The minimum absolute atomic E-state index is 0.128. The van der Waals surface area contributed by atoms with Gasteiger partial charge in [-0.25, -0.2) is 0 Å². The molecule has 0 aliphatic rings. The molecule has 1 atom stereocenters. The summed E-state index contributed by atoms with van der Waals surface area (Å²) in [6, 6.07) is 5.25. The van der Waals surface area contributed by atoms with Crippen molar-refractivity contribution in [3.63, 3.8) is 0 Å².